The molecule has 0 bridgehead atoms. The Balaban J connectivity index is 1.67. The van der Waals surface area contributed by atoms with E-state index in [9.17, 15) is 22.8 Å². The highest BCUT2D eigenvalue weighted by Crippen LogP contribution is 2.40. The third-order valence-electron chi connectivity index (χ3n) is 5.34. The number of rotatable bonds is 6. The highest BCUT2D eigenvalue weighted by atomic mass is 19.4. The van der Waals surface area contributed by atoms with E-state index in [0.717, 1.165) is 16.5 Å². The van der Waals surface area contributed by atoms with Gasteiger partial charge in [0.1, 0.15) is 0 Å². The van der Waals surface area contributed by atoms with Crippen molar-refractivity contribution in [2.75, 3.05) is 20.1 Å². The van der Waals surface area contributed by atoms with Crippen molar-refractivity contribution in [2.45, 2.75) is 31.9 Å². The van der Waals surface area contributed by atoms with Crippen LogP contribution in [0, 0.1) is 5.92 Å². The van der Waals surface area contributed by atoms with Crippen LogP contribution < -0.4 is 16.0 Å². The van der Waals surface area contributed by atoms with Crippen molar-refractivity contribution in [3.05, 3.63) is 47.7 Å². The van der Waals surface area contributed by atoms with Gasteiger partial charge in [0.05, 0.1) is 17.0 Å². The van der Waals surface area contributed by atoms with E-state index in [1.807, 2.05) is 18.2 Å². The summed E-state index contributed by atoms with van der Waals surface area (Å²) in [4.78, 5) is 27.9. The lowest BCUT2D eigenvalue weighted by Crippen LogP contribution is -2.35. The molecule has 0 fully saturated rings. The number of nitrogens with zero attached hydrogens (tertiary/aromatic N) is 1. The minimum absolute atomic E-state index is 0.0233. The van der Waals surface area contributed by atoms with Gasteiger partial charge < -0.3 is 16.0 Å². The van der Waals surface area contributed by atoms with E-state index in [4.69, 9.17) is 0 Å². The third-order valence-corrected chi connectivity index (χ3v) is 5.34. The molecule has 0 unspecified atom stereocenters. The minimum atomic E-state index is -4.17. The first-order chi connectivity index (χ1) is 14.8. The fourth-order valence-electron chi connectivity index (χ4n) is 3.60. The van der Waals surface area contributed by atoms with E-state index in [0.29, 0.717) is 37.0 Å². The monoisotopic (exact) mass is 434 g/mol. The lowest BCUT2D eigenvalue weighted by Gasteiger charge is -2.24. The Bertz CT molecular complexity index is 988. The molecule has 0 spiro atoms. The molecular weight excluding hydrogens is 409 g/mol. The van der Waals surface area contributed by atoms with Gasteiger partial charge in [0, 0.05) is 37.3 Å². The van der Waals surface area contributed by atoms with Gasteiger partial charge >= 0.3 is 12.2 Å². The number of benzene rings is 1. The van der Waals surface area contributed by atoms with Crippen molar-refractivity contribution in [3.8, 4) is 0 Å². The van der Waals surface area contributed by atoms with Gasteiger partial charge in [0.2, 0.25) is 0 Å². The van der Waals surface area contributed by atoms with Crippen LogP contribution in [0.3, 0.4) is 0 Å². The summed E-state index contributed by atoms with van der Waals surface area (Å²) in [7, 11) is 1.53. The number of fused-ring (bicyclic) bond motifs is 1. The molecule has 1 atom stereocenters. The number of carbonyl (C=O) groups is 2. The molecule has 1 heterocycles. The number of para-hydroxylation sites is 1. The number of urea groups is 1. The maximum absolute atomic E-state index is 12.9. The smallest absolute Gasteiger partial charge is 0.352 e. The van der Waals surface area contributed by atoms with Crippen LogP contribution in [-0.4, -0.2) is 43.2 Å². The molecule has 1 aromatic heterocycles. The maximum atomic E-state index is 12.9. The number of aromatic nitrogens is 1. The van der Waals surface area contributed by atoms with Gasteiger partial charge in [-0.3, -0.25) is 9.78 Å². The van der Waals surface area contributed by atoms with Crippen LogP contribution in [0.15, 0.2) is 36.5 Å². The van der Waals surface area contributed by atoms with Crippen LogP contribution in [0.5, 0.6) is 0 Å². The molecule has 3 amide bonds. The van der Waals surface area contributed by atoms with Gasteiger partial charge in [-0.2, -0.15) is 13.2 Å². The zero-order chi connectivity index (χ0) is 22.4. The molecule has 6 nitrogen and oxygen atoms in total. The fraction of sp³-hybridized carbons (Fsp3) is 0.409. The maximum Gasteiger partial charge on any atom is 0.392 e. The molecule has 3 rings (SSSR count). The summed E-state index contributed by atoms with van der Waals surface area (Å²) in [5, 5.41) is 8.62. The first-order valence-corrected chi connectivity index (χ1v) is 10.2. The Labute approximate surface area is 178 Å². The number of hydrogen-bond donors (Lipinski definition) is 3. The molecule has 1 aromatic carbocycles. The Hall–Kier alpha value is -3.10. The Morgan fingerprint density at radius 2 is 1.97 bits per heavy atom. The van der Waals surface area contributed by atoms with Crippen molar-refractivity contribution < 1.29 is 22.8 Å². The topological polar surface area (TPSA) is 83.1 Å². The van der Waals surface area contributed by atoms with Crippen LogP contribution in [0.2, 0.25) is 0 Å². The van der Waals surface area contributed by atoms with Gasteiger partial charge in [-0.05, 0) is 37.3 Å². The molecule has 3 N–H and O–H groups in total. The normalized spacial score (nSPS) is 16.5. The van der Waals surface area contributed by atoms with Gasteiger partial charge in [0.15, 0.2) is 0 Å². The van der Waals surface area contributed by atoms with E-state index in [-0.39, 0.29) is 24.8 Å². The Kier molecular flexibility index (Phi) is 7.14. The molecule has 0 saturated carbocycles. The zero-order valence-electron chi connectivity index (χ0n) is 17.2. The van der Waals surface area contributed by atoms with Crippen LogP contribution in [-0.2, 0) is 0 Å². The summed E-state index contributed by atoms with van der Waals surface area (Å²) in [5.41, 5.74) is 2.74. The summed E-state index contributed by atoms with van der Waals surface area (Å²) in [6.07, 6.45) is -0.0582. The number of nitrogens with one attached hydrogen (secondary N) is 3. The van der Waals surface area contributed by atoms with Crippen molar-refractivity contribution in [1.29, 1.82) is 0 Å². The summed E-state index contributed by atoms with van der Waals surface area (Å²) in [5.74, 6) is -1.56. The van der Waals surface area contributed by atoms with Crippen LogP contribution in [0.25, 0.3) is 16.5 Å². The van der Waals surface area contributed by atoms with E-state index >= 15 is 0 Å². The summed E-state index contributed by atoms with van der Waals surface area (Å²) >= 11 is 0. The molecule has 9 heteroatoms. The average molecular weight is 434 g/mol. The summed E-state index contributed by atoms with van der Waals surface area (Å²) < 4.78 is 38.8. The average Bonchev–Trinajstić information content (AvgIpc) is 2.77. The molecule has 1 aliphatic rings. The van der Waals surface area contributed by atoms with E-state index in [1.54, 1.807) is 12.1 Å². The first-order valence-electron chi connectivity index (χ1n) is 10.2. The number of pyridine rings is 1. The number of amides is 3. The van der Waals surface area contributed by atoms with E-state index in [1.165, 1.54) is 13.2 Å². The van der Waals surface area contributed by atoms with Crippen LogP contribution in [0.1, 0.15) is 41.6 Å². The second kappa shape index (κ2) is 9.80. The van der Waals surface area contributed by atoms with Crippen molar-refractivity contribution >= 4 is 28.4 Å². The molecule has 2 aromatic rings. The van der Waals surface area contributed by atoms with Gasteiger partial charge in [-0.1, -0.05) is 24.3 Å². The fourth-order valence-corrected chi connectivity index (χ4v) is 3.60. The lowest BCUT2D eigenvalue weighted by molar-refractivity contribution is -0.175. The Morgan fingerprint density at radius 3 is 2.65 bits per heavy atom. The SMILES string of the molecule is CNC(=O)NCCCNC(=O)c1cnc2c(C3=CC[C@@H](C(F)(F)F)CC3)cccc2c1. The second-order valence-electron chi connectivity index (χ2n) is 7.46. The molecular formula is C22H25F3N4O2. The van der Waals surface area contributed by atoms with Gasteiger partial charge in [0.25, 0.3) is 5.91 Å². The molecule has 0 saturated heterocycles. The van der Waals surface area contributed by atoms with Crippen molar-refractivity contribution in [3.63, 3.8) is 0 Å². The summed E-state index contributed by atoms with van der Waals surface area (Å²) in [6.45, 7) is 0.831. The number of halogens is 3. The van der Waals surface area contributed by atoms with E-state index < -0.39 is 12.1 Å². The molecule has 1 aliphatic carbocycles. The quantitative estimate of drug-likeness (QED) is 0.601. The first kappa shape index (κ1) is 22.6. The molecule has 0 radical (unpaired) electrons. The Morgan fingerprint density at radius 1 is 1.19 bits per heavy atom. The number of allylic oxidation sites excluding steroid dienone is 2. The molecule has 0 aliphatic heterocycles. The van der Waals surface area contributed by atoms with Crippen molar-refractivity contribution in [1.82, 2.24) is 20.9 Å². The highest BCUT2D eigenvalue weighted by Gasteiger charge is 2.39. The van der Waals surface area contributed by atoms with Crippen LogP contribution >= 0.6 is 0 Å². The standard InChI is InChI=1S/C22H25F3N4O2/c1-26-21(31)28-11-3-10-27-20(30)16-12-15-4-2-5-18(19(15)29-13-16)14-6-8-17(9-7-14)22(23,24)25/h2,4-6,12-13,17H,3,7-11H2,1H3,(H,27,30)(H2,26,28,31)/t17-/m1/s1. The largest absolute Gasteiger partial charge is 0.392 e. The molecule has 31 heavy (non-hydrogen) atoms. The van der Waals surface area contributed by atoms with Crippen molar-refractivity contribution in [2.24, 2.45) is 5.92 Å². The second-order valence-corrected chi connectivity index (χ2v) is 7.46. The number of carbonyl (C=O) groups excluding carboxylic acids is 2. The number of hydrogen-bond acceptors (Lipinski definition) is 3. The predicted octanol–water partition coefficient (Wildman–Crippen LogP) is 4.03. The highest BCUT2D eigenvalue weighted by molar-refractivity contribution is 5.99. The van der Waals surface area contributed by atoms with Gasteiger partial charge in [-0.25, -0.2) is 4.79 Å². The zero-order valence-corrected chi connectivity index (χ0v) is 17.2. The summed E-state index contributed by atoms with van der Waals surface area (Å²) in [6, 6.07) is 6.96. The third kappa shape index (κ3) is 5.74. The predicted molar refractivity (Wildman–Crippen MR) is 113 cm³/mol. The lowest BCUT2D eigenvalue weighted by atomic mass is 9.85. The van der Waals surface area contributed by atoms with Gasteiger partial charge in [-0.15, -0.1) is 0 Å². The van der Waals surface area contributed by atoms with E-state index in [2.05, 4.69) is 20.9 Å². The number of alkyl halides is 3. The van der Waals surface area contributed by atoms with Crippen LogP contribution in [0.4, 0.5) is 18.0 Å². The minimum Gasteiger partial charge on any atom is -0.352 e. The molecule has 166 valence electrons.